The first-order valence-electron chi connectivity index (χ1n) is 9.58. The van der Waals surface area contributed by atoms with Gasteiger partial charge in [0.05, 0.1) is 17.7 Å². The first-order chi connectivity index (χ1) is 13.8. The van der Waals surface area contributed by atoms with Gasteiger partial charge in [0.2, 0.25) is 5.91 Å². The smallest absolute Gasteiger partial charge is 0.331 e. The van der Waals surface area contributed by atoms with Crippen molar-refractivity contribution >= 4 is 11.8 Å². The molecule has 1 unspecified atom stereocenters. The Kier molecular flexibility index (Phi) is 4.60. The predicted octanol–water partition coefficient (Wildman–Crippen LogP) is -0.256. The lowest BCUT2D eigenvalue weighted by atomic mass is 9.85. The zero-order valence-corrected chi connectivity index (χ0v) is 16.5. The zero-order valence-electron chi connectivity index (χ0n) is 16.5. The van der Waals surface area contributed by atoms with Gasteiger partial charge in [-0.3, -0.25) is 28.5 Å². The van der Waals surface area contributed by atoms with Crippen LogP contribution < -0.4 is 11.2 Å². The van der Waals surface area contributed by atoms with Gasteiger partial charge in [0.1, 0.15) is 5.69 Å². The molecule has 0 aliphatic carbocycles. The highest BCUT2D eigenvalue weighted by atomic mass is 16.2. The lowest BCUT2D eigenvalue weighted by Gasteiger charge is -2.24. The molecule has 0 N–H and O–H groups in total. The van der Waals surface area contributed by atoms with E-state index in [2.05, 4.69) is 4.98 Å². The van der Waals surface area contributed by atoms with Gasteiger partial charge in [-0.1, -0.05) is 6.07 Å². The van der Waals surface area contributed by atoms with E-state index in [0.29, 0.717) is 39.0 Å². The molecule has 0 radical (unpaired) electrons. The summed E-state index contributed by atoms with van der Waals surface area (Å²) in [6.45, 7) is 1.80. The maximum absolute atomic E-state index is 13.1. The van der Waals surface area contributed by atoms with E-state index in [1.807, 2.05) is 18.2 Å². The van der Waals surface area contributed by atoms with Gasteiger partial charge in [0, 0.05) is 46.0 Å². The van der Waals surface area contributed by atoms with E-state index in [1.54, 1.807) is 16.0 Å². The summed E-state index contributed by atoms with van der Waals surface area (Å²) in [5.41, 5.74) is -0.787. The average Bonchev–Trinajstić information content (AvgIpc) is 3.29. The lowest BCUT2D eigenvalue weighted by molar-refractivity contribution is -0.135. The Morgan fingerprint density at radius 3 is 2.59 bits per heavy atom. The summed E-state index contributed by atoms with van der Waals surface area (Å²) in [7, 11) is 2.84. The van der Waals surface area contributed by atoms with Crippen molar-refractivity contribution in [3.63, 3.8) is 0 Å². The van der Waals surface area contributed by atoms with Crippen molar-refractivity contribution in [2.24, 2.45) is 19.5 Å². The lowest BCUT2D eigenvalue weighted by Crippen LogP contribution is -2.43. The third-order valence-electron chi connectivity index (χ3n) is 6.07. The number of aromatic nitrogens is 3. The van der Waals surface area contributed by atoms with Crippen molar-refractivity contribution < 1.29 is 9.59 Å². The number of hydrogen-bond donors (Lipinski definition) is 0. The summed E-state index contributed by atoms with van der Waals surface area (Å²) in [6.07, 6.45) is 2.96. The molecule has 0 bridgehead atoms. The summed E-state index contributed by atoms with van der Waals surface area (Å²) in [4.78, 5) is 57.9. The van der Waals surface area contributed by atoms with E-state index in [4.69, 9.17) is 0 Å². The summed E-state index contributed by atoms with van der Waals surface area (Å²) in [5, 5.41) is 0. The van der Waals surface area contributed by atoms with Gasteiger partial charge in [0.25, 0.3) is 11.5 Å². The van der Waals surface area contributed by atoms with E-state index in [9.17, 15) is 19.2 Å². The zero-order chi connectivity index (χ0) is 20.8. The van der Waals surface area contributed by atoms with Crippen molar-refractivity contribution in [1.29, 1.82) is 0 Å². The number of carbonyl (C=O) groups is 2. The average molecular weight is 397 g/mol. The summed E-state index contributed by atoms with van der Waals surface area (Å²) in [5.74, 6) is -0.355. The normalized spacial score (nSPS) is 21.4. The highest BCUT2D eigenvalue weighted by Gasteiger charge is 2.51. The Balaban J connectivity index is 1.52. The van der Waals surface area contributed by atoms with Gasteiger partial charge in [-0.2, -0.15) is 0 Å². The number of rotatable bonds is 3. The molecule has 2 aromatic heterocycles. The Morgan fingerprint density at radius 1 is 1.10 bits per heavy atom. The van der Waals surface area contributed by atoms with Gasteiger partial charge < -0.3 is 9.80 Å². The molecule has 2 fully saturated rings. The number of hydrogen-bond acceptors (Lipinski definition) is 5. The highest BCUT2D eigenvalue weighted by Crippen LogP contribution is 2.41. The molecule has 0 aromatic carbocycles. The van der Waals surface area contributed by atoms with Crippen LogP contribution in [0.15, 0.2) is 40.1 Å². The summed E-state index contributed by atoms with van der Waals surface area (Å²) < 4.78 is 2.14. The molecule has 2 aliphatic rings. The van der Waals surface area contributed by atoms with Crippen LogP contribution in [0.2, 0.25) is 0 Å². The topological polar surface area (TPSA) is 97.5 Å². The van der Waals surface area contributed by atoms with E-state index in [-0.39, 0.29) is 11.6 Å². The fraction of sp³-hybridized carbons (Fsp3) is 0.450. The molecule has 2 aliphatic heterocycles. The van der Waals surface area contributed by atoms with E-state index < -0.39 is 22.6 Å². The maximum atomic E-state index is 13.1. The second-order valence-corrected chi connectivity index (χ2v) is 7.82. The molecule has 9 nitrogen and oxygen atoms in total. The van der Waals surface area contributed by atoms with Crippen LogP contribution in [0, 0.1) is 5.41 Å². The molecule has 1 atom stereocenters. The molecule has 2 aromatic rings. The standard InChI is InChI=1S/C20H23N5O4/c1-22-15(11-16(26)23(2)19(22)29)17(27)25-10-7-20(13-25)6-9-24(18(20)28)12-14-5-3-4-8-21-14/h3-5,8,11H,6-7,9-10,12-13H2,1-2H3. The first kappa shape index (κ1) is 19.1. The molecule has 2 saturated heterocycles. The quantitative estimate of drug-likeness (QED) is 0.711. The van der Waals surface area contributed by atoms with Gasteiger partial charge in [-0.25, -0.2) is 4.79 Å². The second-order valence-electron chi connectivity index (χ2n) is 7.82. The van der Waals surface area contributed by atoms with Crippen molar-refractivity contribution in [3.05, 3.63) is 62.7 Å². The van der Waals surface area contributed by atoms with Gasteiger partial charge in [0.15, 0.2) is 0 Å². The van der Waals surface area contributed by atoms with Gasteiger partial charge >= 0.3 is 5.69 Å². The van der Waals surface area contributed by atoms with E-state index >= 15 is 0 Å². The molecule has 152 valence electrons. The van der Waals surface area contributed by atoms with Crippen molar-refractivity contribution in [2.45, 2.75) is 19.4 Å². The van der Waals surface area contributed by atoms with Gasteiger partial charge in [-0.15, -0.1) is 0 Å². The second kappa shape index (κ2) is 6.98. The third-order valence-corrected chi connectivity index (χ3v) is 6.07. The van der Waals surface area contributed by atoms with Crippen LogP contribution in [0.1, 0.15) is 29.0 Å². The molecule has 4 rings (SSSR count). The van der Waals surface area contributed by atoms with Crippen molar-refractivity contribution in [2.75, 3.05) is 19.6 Å². The number of amides is 2. The van der Waals surface area contributed by atoms with Crippen LogP contribution in [0.5, 0.6) is 0 Å². The van der Waals surface area contributed by atoms with Crippen LogP contribution >= 0.6 is 0 Å². The predicted molar refractivity (Wildman–Crippen MR) is 104 cm³/mol. The fourth-order valence-corrected chi connectivity index (χ4v) is 4.26. The van der Waals surface area contributed by atoms with Crippen LogP contribution in [0.25, 0.3) is 0 Å². The van der Waals surface area contributed by atoms with E-state index in [1.165, 1.54) is 24.7 Å². The highest BCUT2D eigenvalue weighted by molar-refractivity contribution is 5.94. The summed E-state index contributed by atoms with van der Waals surface area (Å²) in [6, 6.07) is 6.79. The largest absolute Gasteiger partial charge is 0.336 e. The number of pyridine rings is 1. The third kappa shape index (κ3) is 3.16. The van der Waals surface area contributed by atoms with Crippen LogP contribution in [0.4, 0.5) is 0 Å². The van der Waals surface area contributed by atoms with Crippen molar-refractivity contribution in [1.82, 2.24) is 23.9 Å². The number of likely N-dealkylation sites (tertiary alicyclic amines) is 2. The van der Waals surface area contributed by atoms with E-state index in [0.717, 1.165) is 10.3 Å². The van der Waals surface area contributed by atoms with Crippen molar-refractivity contribution in [3.8, 4) is 0 Å². The maximum Gasteiger partial charge on any atom is 0.331 e. The molecular weight excluding hydrogens is 374 g/mol. The van der Waals surface area contributed by atoms with Crippen LogP contribution in [0.3, 0.4) is 0 Å². The number of carbonyl (C=O) groups excluding carboxylic acids is 2. The number of nitrogens with zero attached hydrogens (tertiary/aromatic N) is 5. The molecule has 0 saturated carbocycles. The minimum atomic E-state index is -0.594. The molecule has 4 heterocycles. The molecule has 9 heteroatoms. The fourth-order valence-electron chi connectivity index (χ4n) is 4.26. The minimum Gasteiger partial charge on any atom is -0.336 e. The Bertz CT molecular complexity index is 1090. The molecule has 29 heavy (non-hydrogen) atoms. The minimum absolute atomic E-state index is 0.0383. The molecule has 2 amide bonds. The van der Waals surface area contributed by atoms with Gasteiger partial charge in [-0.05, 0) is 25.0 Å². The molecular formula is C20H23N5O4. The first-order valence-corrected chi connectivity index (χ1v) is 9.58. The Labute approximate surface area is 167 Å². The summed E-state index contributed by atoms with van der Waals surface area (Å²) >= 11 is 0. The monoisotopic (exact) mass is 397 g/mol. The van der Waals surface area contributed by atoms with Crippen LogP contribution in [-0.2, 0) is 25.4 Å². The molecule has 1 spiro atoms. The van der Waals surface area contributed by atoms with Crippen LogP contribution in [-0.4, -0.2) is 55.4 Å². The Morgan fingerprint density at radius 2 is 1.86 bits per heavy atom. The Hall–Kier alpha value is -3.23. The SMILES string of the molecule is Cn1c(C(=O)N2CCC3(CCN(Cc4ccccn4)C3=O)C2)cc(=O)n(C)c1=O.